The van der Waals surface area contributed by atoms with Crippen molar-refractivity contribution in [2.45, 2.75) is 0 Å². The summed E-state index contributed by atoms with van der Waals surface area (Å²) in [7, 11) is 0. The predicted molar refractivity (Wildman–Crippen MR) is 173 cm³/mol. The zero-order valence-corrected chi connectivity index (χ0v) is 20.5. The molecule has 0 aromatic heterocycles. The van der Waals surface area contributed by atoms with Crippen LogP contribution in [0.5, 0.6) is 0 Å². The lowest BCUT2D eigenvalue weighted by Gasteiger charge is -2.18. The van der Waals surface area contributed by atoms with Crippen molar-refractivity contribution >= 4 is 43.1 Å². The first kappa shape index (κ1) is 10.8. The molecule has 0 saturated heterocycles. The molecule has 0 fully saturated rings. The number of hydrogen-bond acceptors (Lipinski definition) is 0. The molecule has 186 valence electrons. The van der Waals surface area contributed by atoms with E-state index in [0.29, 0.717) is 10.9 Å². The molecule has 0 atom stereocenters. The lowest BCUT2D eigenvalue weighted by atomic mass is 9.85. The molecule has 0 aliphatic carbocycles. The van der Waals surface area contributed by atoms with Crippen LogP contribution in [-0.2, 0) is 0 Å². The summed E-state index contributed by atoms with van der Waals surface area (Å²) in [5, 5.41) is -0.637. The average molecular weight is 526 g/mol. The van der Waals surface area contributed by atoms with Crippen molar-refractivity contribution in [2.75, 3.05) is 0 Å². The average Bonchev–Trinajstić information content (AvgIpc) is 3.22. The van der Waals surface area contributed by atoms with Gasteiger partial charge >= 0.3 is 0 Å². The quantitative estimate of drug-likeness (QED) is 0.201. The molecule has 0 bridgehead atoms. The van der Waals surface area contributed by atoms with Crippen molar-refractivity contribution in [1.82, 2.24) is 0 Å². The van der Waals surface area contributed by atoms with Crippen LogP contribution >= 0.6 is 0 Å². The predicted octanol–water partition coefficient (Wildman–Crippen LogP) is 11.3. The van der Waals surface area contributed by atoms with Crippen LogP contribution in [0.4, 0.5) is 0 Å². The Bertz CT molecular complexity index is 3140. The summed E-state index contributed by atoms with van der Waals surface area (Å²) in [5.74, 6) is 0. The topological polar surface area (TPSA) is 0 Å². The summed E-state index contributed by atoms with van der Waals surface area (Å²) in [6.45, 7) is 0. The molecule has 0 aliphatic rings. The SMILES string of the molecule is [2H]c1c([2H])c(-c2c3c([2H])c([2H])c([2H])c([2H])c3c(-c3ccc4ccccc4c3)c3c([2H])c([2H])c([2H])c([2H])c23)c([2H])c([2H])c1-c1c([2H])c([2H])c([2H])c2c([2H])c([2H])c([2H])c([2H])c12. The third kappa shape index (κ3) is 3.61. The van der Waals surface area contributed by atoms with E-state index in [9.17, 15) is 11.0 Å². The van der Waals surface area contributed by atoms with Gasteiger partial charge in [-0.25, -0.2) is 0 Å². The van der Waals surface area contributed by atoms with Crippen LogP contribution in [0.3, 0.4) is 0 Å². The number of benzene rings is 8. The normalized spacial score (nSPS) is 18.1. The summed E-state index contributed by atoms with van der Waals surface area (Å²) in [6, 6.07) is -2.09. The van der Waals surface area contributed by atoms with E-state index >= 15 is 0 Å². The third-order valence-electron chi connectivity index (χ3n) is 6.85. The van der Waals surface area contributed by atoms with Gasteiger partial charge < -0.3 is 0 Å². The summed E-state index contributed by atoms with van der Waals surface area (Å²) in [4.78, 5) is 0. The Kier molecular flexibility index (Phi) is 2.48. The van der Waals surface area contributed by atoms with Gasteiger partial charge in [0.05, 0.1) is 26.0 Å². The molecule has 40 heavy (non-hydrogen) atoms. The molecular weight excluding hydrogens is 480 g/mol. The first-order chi connectivity index (χ1) is 27.8. The van der Waals surface area contributed by atoms with Crippen molar-refractivity contribution in [1.29, 1.82) is 0 Å². The highest BCUT2D eigenvalue weighted by Gasteiger charge is 2.17. The van der Waals surface area contributed by atoms with Gasteiger partial charge in [-0.1, -0.05) is 151 Å². The Balaban J connectivity index is 1.64. The van der Waals surface area contributed by atoms with Crippen LogP contribution in [0.25, 0.3) is 76.5 Å². The van der Waals surface area contributed by atoms with Crippen LogP contribution in [-0.4, -0.2) is 0 Å². The summed E-state index contributed by atoms with van der Waals surface area (Å²) < 4.78 is 169. The molecule has 0 nitrogen and oxygen atoms in total. The fourth-order valence-corrected chi connectivity index (χ4v) is 5.07. The lowest BCUT2D eigenvalue weighted by molar-refractivity contribution is 1.63. The number of hydrogen-bond donors (Lipinski definition) is 0. The lowest BCUT2D eigenvalue weighted by Crippen LogP contribution is -1.91. The largest absolute Gasteiger partial charge is 0.0629 e. The van der Waals surface area contributed by atoms with Gasteiger partial charge in [0.25, 0.3) is 0 Å². The maximum atomic E-state index is 9.44. The summed E-state index contributed by atoms with van der Waals surface area (Å²) in [5.41, 5.74) is -2.00. The van der Waals surface area contributed by atoms with Gasteiger partial charge in [-0.3, -0.25) is 0 Å². The highest BCUT2D eigenvalue weighted by Crippen LogP contribution is 2.44. The molecular formula is C40H26. The molecule has 8 aromatic carbocycles. The molecule has 0 heterocycles. The Morgan fingerprint density at radius 1 is 0.350 bits per heavy atom. The standard InChI is InChI=1S/C40H26/c1-2-12-31-26-32(25-20-27(31)10-1)40-37-17-7-5-15-35(37)39(36-16-6-8-18-38(36)40)30-23-21-29(22-24-30)34-19-9-13-28-11-3-4-14-33(28)34/h1-26H/i3D,4D,5D,6D,7D,8D,9D,11D,13D,14D,15D,16D,17D,18D,19D,21D,22D,23D,24D. The van der Waals surface area contributed by atoms with Crippen molar-refractivity contribution in [3.63, 3.8) is 0 Å². The highest BCUT2D eigenvalue weighted by atomic mass is 14.2. The fraction of sp³-hybridized carbons (Fsp3) is 0. The van der Waals surface area contributed by atoms with E-state index in [1.165, 1.54) is 0 Å². The minimum Gasteiger partial charge on any atom is -0.0616 e. The van der Waals surface area contributed by atoms with Crippen LogP contribution in [0, 0.1) is 0 Å². The molecule has 0 unspecified atom stereocenters. The molecule has 0 heteroatoms. The van der Waals surface area contributed by atoms with E-state index in [-0.39, 0.29) is 27.1 Å². The van der Waals surface area contributed by atoms with Crippen molar-refractivity contribution < 1.29 is 26.0 Å². The Labute approximate surface area is 260 Å². The maximum Gasteiger partial charge on any atom is 0.0629 e. The summed E-state index contributed by atoms with van der Waals surface area (Å²) >= 11 is 0. The zero-order chi connectivity index (χ0) is 43.0. The fourth-order valence-electron chi connectivity index (χ4n) is 5.07. The van der Waals surface area contributed by atoms with Crippen molar-refractivity contribution in [3.8, 4) is 33.4 Å². The smallest absolute Gasteiger partial charge is 0.0616 e. The third-order valence-corrected chi connectivity index (χ3v) is 6.85. The van der Waals surface area contributed by atoms with Crippen LogP contribution < -0.4 is 0 Å². The van der Waals surface area contributed by atoms with E-state index in [2.05, 4.69) is 0 Å². The second-order valence-electron chi connectivity index (χ2n) is 9.06. The Morgan fingerprint density at radius 2 is 0.875 bits per heavy atom. The second-order valence-corrected chi connectivity index (χ2v) is 9.06. The van der Waals surface area contributed by atoms with E-state index in [1.807, 2.05) is 12.1 Å². The molecule has 0 radical (unpaired) electrons. The minimum absolute atomic E-state index is 0.00768. The first-order valence-corrected chi connectivity index (χ1v) is 12.3. The second kappa shape index (κ2) is 9.22. The van der Waals surface area contributed by atoms with Crippen molar-refractivity contribution in [3.05, 3.63) is 157 Å². The van der Waals surface area contributed by atoms with Gasteiger partial charge in [-0.15, -0.1) is 0 Å². The van der Waals surface area contributed by atoms with Crippen LogP contribution in [0.1, 0.15) is 26.0 Å². The Morgan fingerprint density at radius 3 is 1.55 bits per heavy atom. The first-order valence-electron chi connectivity index (χ1n) is 21.8. The molecule has 0 aliphatic heterocycles. The van der Waals surface area contributed by atoms with Gasteiger partial charge in [-0.05, 0) is 82.5 Å². The van der Waals surface area contributed by atoms with E-state index in [4.69, 9.17) is 15.1 Å². The van der Waals surface area contributed by atoms with E-state index < -0.39 is 148 Å². The maximum absolute atomic E-state index is 9.44. The van der Waals surface area contributed by atoms with Gasteiger partial charge in [0.1, 0.15) is 0 Å². The highest BCUT2D eigenvalue weighted by molar-refractivity contribution is 6.21. The van der Waals surface area contributed by atoms with E-state index in [1.54, 1.807) is 30.3 Å². The zero-order valence-electron chi connectivity index (χ0n) is 39.5. The van der Waals surface area contributed by atoms with E-state index in [0.717, 1.165) is 5.39 Å². The summed E-state index contributed by atoms with van der Waals surface area (Å²) in [6.07, 6.45) is 0. The van der Waals surface area contributed by atoms with Gasteiger partial charge in [0, 0.05) is 0 Å². The monoisotopic (exact) mass is 525 g/mol. The van der Waals surface area contributed by atoms with Gasteiger partial charge in [0.15, 0.2) is 0 Å². The molecule has 8 aromatic rings. The molecule has 0 spiro atoms. The molecule has 0 amide bonds. The van der Waals surface area contributed by atoms with Crippen molar-refractivity contribution in [2.24, 2.45) is 0 Å². The number of rotatable bonds is 3. The molecule has 8 rings (SSSR count). The molecule has 0 saturated carbocycles. The minimum atomic E-state index is -0.901. The van der Waals surface area contributed by atoms with Gasteiger partial charge in [0.2, 0.25) is 0 Å². The van der Waals surface area contributed by atoms with Crippen LogP contribution in [0.15, 0.2) is 157 Å². The van der Waals surface area contributed by atoms with Crippen LogP contribution in [0.2, 0.25) is 0 Å². The van der Waals surface area contributed by atoms with Gasteiger partial charge in [-0.2, -0.15) is 0 Å². The number of fused-ring (bicyclic) bond motifs is 4. The molecule has 0 N–H and O–H groups in total. The Hall–Kier alpha value is -5.20.